The monoisotopic (exact) mass is 1530 g/mol. The molecule has 1 aromatic carbocycles. The number of Topliss-reactive ketones (excluding diaryl/α,β-unsaturated/α-hetero) is 1. The van der Waals surface area contributed by atoms with E-state index in [1.165, 1.54) is 31.0 Å². The number of hydrogen-bond acceptors (Lipinski definition) is 24. The Morgan fingerprint density at radius 2 is 1.20 bits per heavy atom. The van der Waals surface area contributed by atoms with Gasteiger partial charge < -0.3 is 106 Å². The Balaban J connectivity index is 1.80. The highest BCUT2D eigenvalue weighted by Crippen LogP contribution is 2.47. The maximum Gasteiger partial charge on any atom is 0.311 e. The highest BCUT2D eigenvalue weighted by Gasteiger charge is 2.49. The van der Waals surface area contributed by atoms with Gasteiger partial charge in [-0.2, -0.15) is 0 Å². The van der Waals surface area contributed by atoms with Crippen molar-refractivity contribution in [2.45, 2.75) is 311 Å². The lowest BCUT2D eigenvalue weighted by atomic mass is 9.78. The number of thioether (sulfide) groups is 1. The Morgan fingerprint density at radius 1 is 0.598 bits per heavy atom. The van der Waals surface area contributed by atoms with Crippen molar-refractivity contribution in [3.63, 3.8) is 0 Å². The van der Waals surface area contributed by atoms with Crippen molar-refractivity contribution in [2.75, 3.05) is 13.4 Å². The van der Waals surface area contributed by atoms with Gasteiger partial charge in [-0.05, 0) is 126 Å². The zero-order chi connectivity index (χ0) is 80.1. The number of fused-ring (bicyclic) bond motifs is 2. The Kier molecular flexibility index (Phi) is 45.8. The molecule has 2 aliphatic rings. The quantitative estimate of drug-likeness (QED) is 0.0360. The lowest BCUT2D eigenvalue weighted by Gasteiger charge is -2.46. The number of allylic oxidation sites excluding steroid dienone is 11. The van der Waals surface area contributed by atoms with Crippen LogP contribution in [0.1, 0.15) is 208 Å². The molecule has 24 heteroatoms. The molecule has 2 bridgehead atoms. The minimum atomic E-state index is -2.24. The number of ketones is 1. The number of carbonyl (C=O) groups excluding carboxylic acids is 2. The third-order valence-electron chi connectivity index (χ3n) is 20.8. The van der Waals surface area contributed by atoms with E-state index in [4.69, 9.17) is 14.2 Å². The first-order chi connectivity index (χ1) is 50.5. The molecule has 0 saturated carbocycles. The fourth-order valence-corrected chi connectivity index (χ4v) is 14.5. The van der Waals surface area contributed by atoms with Crippen molar-refractivity contribution in [3.05, 3.63) is 120 Å². The molecule has 610 valence electrons. The van der Waals surface area contributed by atoms with Crippen molar-refractivity contribution >= 4 is 23.5 Å². The van der Waals surface area contributed by atoms with E-state index in [0.717, 1.165) is 18.9 Å². The number of rotatable bonds is 9. The van der Waals surface area contributed by atoms with Gasteiger partial charge in [-0.1, -0.05) is 165 Å². The van der Waals surface area contributed by atoms with E-state index in [2.05, 4.69) is 6.92 Å². The highest BCUT2D eigenvalue weighted by molar-refractivity contribution is 7.98. The summed E-state index contributed by atoms with van der Waals surface area (Å²) >= 11 is 1.20. The first-order valence-corrected chi connectivity index (χ1v) is 39.7. The van der Waals surface area contributed by atoms with Gasteiger partial charge >= 0.3 is 5.97 Å². The summed E-state index contributed by atoms with van der Waals surface area (Å²) in [6.07, 6.45) is 16.8. The normalized spacial score (nSPS) is 37.9. The largest absolute Gasteiger partial charge is 0.507 e. The standard InChI is InChI=1S/C83H134O23S/c1-51-24-19-21-32-63(88)44-68(93)46-69(33-22-20-25-52(2)35-39-75(104-9)77-80(102)72(96)48-73(97)82(77)107-10)105-76(99)50-83(103)49-74(98)57(7)81(106-83)58(8)79(101)55(5)27-23-26-54(4)78(100)56(6)71(95)47-70(94)53(3)36-38-65(90)45-67(92)43-62(87)31-18-14-17-30-61(86)42-66(91)41-60(85)29-16-13-11-12-15-28-59(84)40-64(89)37-34-51/h11-18,20,22-23,25-27,29,31,33,48,51-53,55-65,67-71,74-75,78-79,81,84-90,92-98,100-103H,19,21,24,28,30,32,34-47,49-50H2,1-10H3/b13-11+,15-12+,17-14+,25-20+,27-23-,29-16+,31-18+,33-22+,54-26+. The number of aliphatic hydroxyl groups excluding tert-OH is 14. The van der Waals surface area contributed by atoms with E-state index in [-0.39, 0.29) is 111 Å². The number of aromatic hydroxyl groups is 3. The highest BCUT2D eigenvalue weighted by atomic mass is 32.2. The summed E-state index contributed by atoms with van der Waals surface area (Å²) in [5.74, 6) is -7.35. The molecule has 0 aromatic heterocycles. The number of methoxy groups -OCH3 is 1. The van der Waals surface area contributed by atoms with Crippen LogP contribution in [0.4, 0.5) is 0 Å². The van der Waals surface area contributed by atoms with Gasteiger partial charge in [-0.15, -0.1) is 11.8 Å². The maximum atomic E-state index is 14.0. The summed E-state index contributed by atoms with van der Waals surface area (Å²) in [5.41, 5.74) is 0.756. The fraction of sp³-hybridized carbons (Fsp3) is 0.687. The number of ether oxygens (including phenoxy) is 3. The molecular formula is C83H134O23S. The number of carbonyl (C=O) groups is 2. The van der Waals surface area contributed by atoms with Crippen LogP contribution in [-0.2, 0) is 23.8 Å². The average molecular weight is 1530 g/mol. The van der Waals surface area contributed by atoms with E-state index >= 15 is 0 Å². The number of aliphatic hydroxyl groups is 15. The van der Waals surface area contributed by atoms with Crippen LogP contribution in [0.5, 0.6) is 17.2 Å². The SMILES string of the molecule is COC(CCC(C)/C=C/C=C/C1CC(O)CC(O)CCCCC(C)CCC(O)CC(O)C/C=C/C=C/C=C/C(O)CC(=O)CC(O)C/C=C/C=C/C(O)CC(O)CC(O)CCC(C)C(O)CC(O)C(C)C(O)/C(C)=C/C=C\C(C)C(O)C(C)C2OC(O)(CC(=O)O1)CC(O)C2C)c1c(O)c(O)cc(O)c1SC. The summed E-state index contributed by atoms with van der Waals surface area (Å²) in [6, 6.07) is 1.07. The van der Waals surface area contributed by atoms with Crippen molar-refractivity contribution in [1.29, 1.82) is 0 Å². The molecule has 3 rings (SSSR count). The van der Waals surface area contributed by atoms with Gasteiger partial charge in [0.2, 0.25) is 0 Å². The number of phenolic OH excluding ortho intramolecular Hbond substituents is 3. The summed E-state index contributed by atoms with van der Waals surface area (Å²) in [4.78, 5) is 26.9. The molecule has 0 aliphatic carbocycles. The summed E-state index contributed by atoms with van der Waals surface area (Å²) in [6.45, 7) is 14.3. The smallest absolute Gasteiger partial charge is 0.311 e. The van der Waals surface area contributed by atoms with Crippen LogP contribution in [-0.4, -0.2) is 220 Å². The molecular weight excluding hydrogens is 1400 g/mol. The van der Waals surface area contributed by atoms with Crippen molar-refractivity contribution in [3.8, 4) is 17.2 Å². The number of benzene rings is 1. The second-order valence-corrected chi connectivity index (χ2v) is 31.5. The second-order valence-electron chi connectivity index (χ2n) is 30.6. The van der Waals surface area contributed by atoms with Crippen LogP contribution in [0.25, 0.3) is 0 Å². The molecule has 0 radical (unpaired) electrons. The molecule has 0 amide bonds. The Labute approximate surface area is 639 Å². The first-order valence-electron chi connectivity index (χ1n) is 38.5. The summed E-state index contributed by atoms with van der Waals surface area (Å²) in [5, 5.41) is 197. The van der Waals surface area contributed by atoms with Crippen LogP contribution in [0.3, 0.4) is 0 Å². The minimum Gasteiger partial charge on any atom is -0.507 e. The second kappa shape index (κ2) is 50.9. The molecule has 1 fully saturated rings. The topological polar surface area (TPSA) is 426 Å². The molecule has 2 aliphatic heterocycles. The maximum absolute atomic E-state index is 14.0. The zero-order valence-electron chi connectivity index (χ0n) is 64.8. The van der Waals surface area contributed by atoms with Crippen molar-refractivity contribution in [2.24, 2.45) is 41.4 Å². The molecule has 23 nitrogen and oxygen atoms in total. The minimum absolute atomic E-state index is 0.0371. The van der Waals surface area contributed by atoms with Crippen LogP contribution < -0.4 is 0 Å². The van der Waals surface area contributed by atoms with Gasteiger partial charge in [0.15, 0.2) is 17.3 Å². The average Bonchev–Trinajstić information content (AvgIpc) is 0.790. The first kappa shape index (κ1) is 96.3. The summed E-state index contributed by atoms with van der Waals surface area (Å²) in [7, 11) is 1.47. The third kappa shape index (κ3) is 37.3. The Bertz CT molecular complexity index is 2980. The van der Waals surface area contributed by atoms with Gasteiger partial charge in [0.1, 0.15) is 17.6 Å². The number of cyclic esters (lactones) is 1. The lowest BCUT2D eigenvalue weighted by Crippen LogP contribution is -2.55. The molecule has 0 spiro atoms. The van der Waals surface area contributed by atoms with Gasteiger partial charge in [0, 0.05) is 74.5 Å². The molecule has 1 saturated heterocycles. The van der Waals surface area contributed by atoms with Crippen molar-refractivity contribution < 1.29 is 116 Å². The number of esters is 1. The number of hydrogen-bond donors (Lipinski definition) is 18. The third-order valence-corrected chi connectivity index (χ3v) is 21.6. The Morgan fingerprint density at radius 3 is 1.87 bits per heavy atom. The van der Waals surface area contributed by atoms with Crippen LogP contribution >= 0.6 is 11.8 Å². The molecule has 25 atom stereocenters. The van der Waals surface area contributed by atoms with E-state index in [1.807, 2.05) is 13.0 Å². The van der Waals surface area contributed by atoms with E-state index in [1.54, 1.807) is 133 Å². The predicted octanol–water partition coefficient (Wildman–Crippen LogP) is 9.28. The predicted molar refractivity (Wildman–Crippen MR) is 414 cm³/mol. The van der Waals surface area contributed by atoms with Gasteiger partial charge in [-0.25, -0.2) is 0 Å². The van der Waals surface area contributed by atoms with Crippen LogP contribution in [0, 0.1) is 41.4 Å². The molecule has 2 heterocycles. The van der Waals surface area contributed by atoms with E-state index in [0.29, 0.717) is 61.8 Å². The molecule has 25 unspecified atom stereocenters. The molecule has 18 N–H and O–H groups in total. The molecule has 1 aromatic rings. The van der Waals surface area contributed by atoms with Crippen LogP contribution in [0.15, 0.2) is 120 Å². The Hall–Kier alpha value is -4.91. The zero-order valence-corrected chi connectivity index (χ0v) is 65.6. The summed E-state index contributed by atoms with van der Waals surface area (Å²) < 4.78 is 17.9. The van der Waals surface area contributed by atoms with Gasteiger partial charge in [0.25, 0.3) is 0 Å². The van der Waals surface area contributed by atoms with E-state index in [9.17, 15) is 102 Å². The van der Waals surface area contributed by atoms with Gasteiger partial charge in [0.05, 0.1) is 109 Å². The molecule has 107 heavy (non-hydrogen) atoms. The lowest BCUT2D eigenvalue weighted by molar-refractivity contribution is -0.302. The van der Waals surface area contributed by atoms with Crippen molar-refractivity contribution in [1.82, 2.24) is 0 Å². The van der Waals surface area contributed by atoms with E-state index < -0.39 is 151 Å². The van der Waals surface area contributed by atoms with Crippen LogP contribution in [0.2, 0.25) is 0 Å². The number of phenols is 3. The fourth-order valence-electron chi connectivity index (χ4n) is 13.7. The van der Waals surface area contributed by atoms with Gasteiger partial charge in [-0.3, -0.25) is 9.59 Å².